The predicted molar refractivity (Wildman–Crippen MR) is 38.6 cm³/mol. The minimum absolute atomic E-state index is 0.0177. The van der Waals surface area contributed by atoms with Gasteiger partial charge in [-0.3, -0.25) is 4.79 Å². The van der Waals surface area contributed by atoms with Crippen LogP contribution in [0.25, 0.3) is 0 Å². The minimum Gasteiger partial charge on any atom is -0.476 e. The predicted octanol–water partition coefficient (Wildman–Crippen LogP) is -0.630. The van der Waals surface area contributed by atoms with Crippen LogP contribution in [0.15, 0.2) is 0 Å². The van der Waals surface area contributed by atoms with E-state index in [0.717, 1.165) is 0 Å². The first-order chi connectivity index (χ1) is 5.57. The van der Waals surface area contributed by atoms with Crippen LogP contribution in [0, 0.1) is 0 Å². The zero-order chi connectivity index (χ0) is 9.56. The van der Waals surface area contributed by atoms with Gasteiger partial charge in [-0.25, -0.2) is 4.79 Å². The first-order valence-corrected chi connectivity index (χ1v) is 3.45. The van der Waals surface area contributed by atoms with E-state index >= 15 is 0 Å². The first-order valence-electron chi connectivity index (χ1n) is 3.45. The van der Waals surface area contributed by atoms with Crippen molar-refractivity contribution in [1.29, 1.82) is 0 Å². The number of carboxylic acid groups (broad SMARTS) is 1. The molecule has 0 aromatic carbocycles. The maximum absolute atomic E-state index is 10.5. The van der Waals surface area contributed by atoms with Crippen molar-refractivity contribution in [3.05, 3.63) is 0 Å². The summed E-state index contributed by atoms with van der Waals surface area (Å²) in [6.07, 6.45) is -0.664. The van der Waals surface area contributed by atoms with E-state index in [0.29, 0.717) is 6.29 Å². The molecule has 1 atom stereocenters. The minimum atomic E-state index is -1.51. The molecule has 0 amide bonds. The van der Waals surface area contributed by atoms with Gasteiger partial charge in [0.25, 0.3) is 0 Å². The standard InChI is InChI=1S/C7H10O5/c8-4-3-5(9)1-2-6(10)7(11)12/h4-5,9H,1-3H2,(H,11,12). The van der Waals surface area contributed by atoms with Crippen LogP contribution in [0.3, 0.4) is 0 Å². The normalized spacial score (nSPS) is 12.1. The van der Waals surface area contributed by atoms with E-state index in [9.17, 15) is 14.4 Å². The number of carbonyl (C=O) groups excluding carboxylic acids is 2. The highest BCUT2D eigenvalue weighted by Gasteiger charge is 2.13. The molecule has 12 heavy (non-hydrogen) atoms. The highest BCUT2D eigenvalue weighted by atomic mass is 16.4. The molecule has 1 unspecified atom stereocenters. The first kappa shape index (κ1) is 10.8. The summed E-state index contributed by atoms with van der Waals surface area (Å²) < 4.78 is 0. The van der Waals surface area contributed by atoms with E-state index in [1.165, 1.54) is 0 Å². The Balaban J connectivity index is 3.60. The maximum Gasteiger partial charge on any atom is 0.372 e. The number of rotatable bonds is 6. The molecule has 0 heterocycles. The average molecular weight is 174 g/mol. The number of carbonyl (C=O) groups is 3. The Hall–Kier alpha value is -1.23. The lowest BCUT2D eigenvalue weighted by Gasteiger charge is -2.03. The van der Waals surface area contributed by atoms with Crippen LogP contribution < -0.4 is 0 Å². The number of ketones is 1. The van der Waals surface area contributed by atoms with Crippen LogP contribution in [0.4, 0.5) is 0 Å². The van der Waals surface area contributed by atoms with Gasteiger partial charge in [-0.1, -0.05) is 0 Å². The Morgan fingerprint density at radius 2 is 2.00 bits per heavy atom. The number of Topliss-reactive ketones (excluding diaryl/α,β-unsaturated/α-hetero) is 1. The lowest BCUT2D eigenvalue weighted by Crippen LogP contribution is -2.16. The summed E-state index contributed by atoms with van der Waals surface area (Å²) in [6, 6.07) is 0. The fraction of sp³-hybridized carbons (Fsp3) is 0.571. The molecule has 0 saturated heterocycles. The molecule has 0 aromatic rings. The molecule has 0 radical (unpaired) electrons. The SMILES string of the molecule is O=CCC(O)CCC(=O)C(=O)O. The molecule has 0 spiro atoms. The van der Waals surface area contributed by atoms with Gasteiger partial charge in [-0.15, -0.1) is 0 Å². The third-order valence-electron chi connectivity index (χ3n) is 1.31. The molecule has 0 aliphatic heterocycles. The fourth-order valence-electron chi connectivity index (χ4n) is 0.634. The van der Waals surface area contributed by atoms with Crippen molar-refractivity contribution in [3.63, 3.8) is 0 Å². The van der Waals surface area contributed by atoms with E-state index in [1.807, 2.05) is 0 Å². The van der Waals surface area contributed by atoms with E-state index < -0.39 is 17.9 Å². The van der Waals surface area contributed by atoms with Crippen molar-refractivity contribution in [2.45, 2.75) is 25.4 Å². The summed E-state index contributed by atoms with van der Waals surface area (Å²) in [4.78, 5) is 30.3. The number of aldehydes is 1. The summed E-state index contributed by atoms with van der Waals surface area (Å²) in [5, 5.41) is 17.0. The lowest BCUT2D eigenvalue weighted by molar-refractivity contribution is -0.149. The Morgan fingerprint density at radius 1 is 1.42 bits per heavy atom. The molecular weight excluding hydrogens is 164 g/mol. The number of aliphatic carboxylic acids is 1. The number of carboxylic acids is 1. The van der Waals surface area contributed by atoms with Crippen LogP contribution in [0.5, 0.6) is 0 Å². The zero-order valence-electron chi connectivity index (χ0n) is 6.40. The van der Waals surface area contributed by atoms with Crippen molar-refractivity contribution in [2.75, 3.05) is 0 Å². The Kier molecular flexibility index (Phi) is 4.87. The molecule has 0 aliphatic rings. The fourth-order valence-corrected chi connectivity index (χ4v) is 0.634. The van der Waals surface area contributed by atoms with Gasteiger partial charge in [0.05, 0.1) is 6.10 Å². The summed E-state index contributed by atoms with van der Waals surface area (Å²) >= 11 is 0. The molecule has 0 aliphatic carbocycles. The molecule has 68 valence electrons. The Bertz CT molecular complexity index is 186. The molecule has 2 N–H and O–H groups in total. The van der Waals surface area contributed by atoms with Gasteiger partial charge in [-0.05, 0) is 6.42 Å². The lowest BCUT2D eigenvalue weighted by atomic mass is 10.1. The second-order valence-corrected chi connectivity index (χ2v) is 2.32. The number of hydrogen-bond donors (Lipinski definition) is 2. The van der Waals surface area contributed by atoms with Gasteiger partial charge in [0.2, 0.25) is 5.78 Å². The zero-order valence-corrected chi connectivity index (χ0v) is 6.40. The van der Waals surface area contributed by atoms with E-state index in [1.54, 1.807) is 0 Å². The maximum atomic E-state index is 10.5. The molecule has 0 fully saturated rings. The van der Waals surface area contributed by atoms with Crippen LogP contribution in [0.2, 0.25) is 0 Å². The highest BCUT2D eigenvalue weighted by Crippen LogP contribution is 2.00. The third-order valence-corrected chi connectivity index (χ3v) is 1.31. The monoisotopic (exact) mass is 174 g/mol. The van der Waals surface area contributed by atoms with Gasteiger partial charge in [-0.2, -0.15) is 0 Å². The number of aliphatic hydroxyl groups is 1. The van der Waals surface area contributed by atoms with Crippen molar-refractivity contribution in [2.24, 2.45) is 0 Å². The highest BCUT2D eigenvalue weighted by molar-refractivity contribution is 6.32. The summed E-state index contributed by atoms with van der Waals surface area (Å²) in [7, 11) is 0. The molecule has 0 saturated carbocycles. The van der Waals surface area contributed by atoms with Crippen molar-refractivity contribution < 1.29 is 24.6 Å². The van der Waals surface area contributed by atoms with Gasteiger partial charge >= 0.3 is 5.97 Å². The van der Waals surface area contributed by atoms with E-state index in [4.69, 9.17) is 10.2 Å². The summed E-state index contributed by atoms with van der Waals surface area (Å²) in [5.74, 6) is -2.45. The van der Waals surface area contributed by atoms with Gasteiger partial charge in [0, 0.05) is 12.8 Å². The van der Waals surface area contributed by atoms with Crippen LogP contribution in [0.1, 0.15) is 19.3 Å². The van der Waals surface area contributed by atoms with Crippen molar-refractivity contribution in [3.8, 4) is 0 Å². The average Bonchev–Trinajstić information content (AvgIpc) is 2.00. The number of hydrogen-bond acceptors (Lipinski definition) is 4. The molecule has 5 nitrogen and oxygen atoms in total. The second kappa shape index (κ2) is 5.42. The Labute approximate surface area is 69.0 Å². The topological polar surface area (TPSA) is 91.7 Å². The van der Waals surface area contributed by atoms with E-state index in [2.05, 4.69) is 0 Å². The van der Waals surface area contributed by atoms with Gasteiger partial charge in [0.1, 0.15) is 6.29 Å². The van der Waals surface area contributed by atoms with Crippen molar-refractivity contribution >= 4 is 18.0 Å². The van der Waals surface area contributed by atoms with Gasteiger partial charge < -0.3 is 15.0 Å². The molecule has 0 bridgehead atoms. The quantitative estimate of drug-likeness (QED) is 0.413. The molecule has 0 rings (SSSR count). The largest absolute Gasteiger partial charge is 0.476 e. The van der Waals surface area contributed by atoms with Crippen LogP contribution in [-0.4, -0.2) is 34.4 Å². The van der Waals surface area contributed by atoms with Crippen LogP contribution in [-0.2, 0) is 14.4 Å². The van der Waals surface area contributed by atoms with Crippen molar-refractivity contribution in [1.82, 2.24) is 0 Å². The molecule has 5 heteroatoms. The molecular formula is C7H10O5. The second-order valence-electron chi connectivity index (χ2n) is 2.32. The Morgan fingerprint density at radius 3 is 2.42 bits per heavy atom. The smallest absolute Gasteiger partial charge is 0.372 e. The summed E-state index contributed by atoms with van der Waals surface area (Å²) in [5.41, 5.74) is 0. The third kappa shape index (κ3) is 4.56. The molecule has 0 aromatic heterocycles. The van der Waals surface area contributed by atoms with Gasteiger partial charge in [0.15, 0.2) is 0 Å². The van der Waals surface area contributed by atoms with Crippen LogP contribution >= 0.6 is 0 Å². The number of aliphatic hydroxyl groups excluding tert-OH is 1. The summed E-state index contributed by atoms with van der Waals surface area (Å²) in [6.45, 7) is 0. The van der Waals surface area contributed by atoms with E-state index in [-0.39, 0.29) is 19.3 Å².